The molecule has 1 atom stereocenters. The van der Waals surface area contributed by atoms with E-state index in [-0.39, 0.29) is 18.0 Å². The molecule has 0 amide bonds. The average molecular weight is 579 g/mol. The number of hydrogen-bond donors (Lipinski definition) is 1. The zero-order valence-electron chi connectivity index (χ0n) is 25.6. The molecule has 2 heterocycles. The molecule has 4 heteroatoms. The maximum Gasteiger partial charge on any atom is 0.231 e. The Bertz CT molecular complexity index is 2010. The highest BCUT2D eigenvalue weighted by Gasteiger charge is 2.43. The van der Waals surface area contributed by atoms with Crippen LogP contribution in [0, 0.1) is 6.92 Å². The van der Waals surface area contributed by atoms with Crippen molar-refractivity contribution in [2.75, 3.05) is 6.79 Å². The van der Waals surface area contributed by atoms with Crippen LogP contribution in [0.4, 0.5) is 0 Å². The lowest BCUT2D eigenvalue weighted by molar-refractivity contribution is 0.163. The van der Waals surface area contributed by atoms with Crippen molar-refractivity contribution in [3.63, 3.8) is 0 Å². The van der Waals surface area contributed by atoms with Gasteiger partial charge in [0.05, 0.1) is 0 Å². The first-order chi connectivity index (χ1) is 21.2. The Morgan fingerprint density at radius 3 is 2.09 bits per heavy atom. The van der Waals surface area contributed by atoms with Gasteiger partial charge in [0.25, 0.3) is 0 Å². The summed E-state index contributed by atoms with van der Waals surface area (Å²) in [5, 5.41) is 12.2. The summed E-state index contributed by atoms with van der Waals surface area (Å²) in [5.41, 5.74) is 10.6. The highest BCUT2D eigenvalue weighted by Crippen LogP contribution is 2.59. The van der Waals surface area contributed by atoms with Crippen molar-refractivity contribution in [3.05, 3.63) is 130 Å². The maximum atomic E-state index is 10.2. The Morgan fingerprint density at radius 1 is 0.773 bits per heavy atom. The first kappa shape index (κ1) is 26.7. The molecule has 4 nitrogen and oxygen atoms in total. The summed E-state index contributed by atoms with van der Waals surface area (Å²) in [6.45, 7) is 11.4. The normalized spacial score (nSPS) is 18.8. The lowest BCUT2D eigenvalue weighted by Gasteiger charge is -2.42. The topological polar surface area (TPSA) is 47.9 Å². The number of phenolic OH excluding ortho intramolecular Hbond substituents is 1. The van der Waals surface area contributed by atoms with Crippen molar-refractivity contribution in [2.24, 2.45) is 0 Å². The molecule has 0 fully saturated rings. The third kappa shape index (κ3) is 3.64. The zero-order chi connectivity index (χ0) is 30.4. The lowest BCUT2D eigenvalue weighted by atomic mass is 9.63. The smallest absolute Gasteiger partial charge is 0.231 e. The standard InChI is InChI=1S/C40H34O4/c1-23(2)37-36-29-18-19-40(25-12-10-24(3)11-13-25,26-14-16-27(41)17-15-26)44-38(29)31-21-34-33(42-22-43-34)20-30(31)35(36)28-8-6-7-9-32(28)39(37,4)5/h6-21,41H,22H2,1-5H3. The van der Waals surface area contributed by atoms with Crippen molar-refractivity contribution in [1.29, 1.82) is 0 Å². The van der Waals surface area contributed by atoms with Gasteiger partial charge in [-0.2, -0.15) is 0 Å². The Morgan fingerprint density at radius 2 is 1.41 bits per heavy atom. The van der Waals surface area contributed by atoms with E-state index in [0.29, 0.717) is 0 Å². The second-order valence-corrected chi connectivity index (χ2v) is 12.9. The molecule has 5 aromatic carbocycles. The third-order valence-corrected chi connectivity index (χ3v) is 9.56. The number of rotatable bonds is 2. The molecule has 218 valence electrons. The van der Waals surface area contributed by atoms with Crippen LogP contribution in [0.3, 0.4) is 0 Å². The first-order valence-corrected chi connectivity index (χ1v) is 15.2. The third-order valence-electron chi connectivity index (χ3n) is 9.56. The summed E-state index contributed by atoms with van der Waals surface area (Å²) in [6, 6.07) is 28.8. The number of benzene rings is 5. The van der Waals surface area contributed by atoms with Gasteiger partial charge < -0.3 is 19.3 Å². The molecule has 1 aliphatic carbocycles. The number of allylic oxidation sites excluding steroid dienone is 2. The van der Waals surface area contributed by atoms with Gasteiger partial charge in [-0.25, -0.2) is 0 Å². The summed E-state index contributed by atoms with van der Waals surface area (Å²) in [7, 11) is 0. The predicted octanol–water partition coefficient (Wildman–Crippen LogP) is 9.68. The Labute approximate surface area is 257 Å². The van der Waals surface area contributed by atoms with E-state index in [1.165, 1.54) is 39.0 Å². The fourth-order valence-corrected chi connectivity index (χ4v) is 7.62. The number of aryl methyl sites for hydroxylation is 1. The van der Waals surface area contributed by atoms with Crippen LogP contribution >= 0.6 is 0 Å². The van der Waals surface area contributed by atoms with E-state index in [1.807, 2.05) is 12.1 Å². The van der Waals surface area contributed by atoms with Crippen molar-refractivity contribution in [3.8, 4) is 34.1 Å². The van der Waals surface area contributed by atoms with E-state index in [1.54, 1.807) is 12.1 Å². The number of ether oxygens (including phenoxy) is 3. The van der Waals surface area contributed by atoms with Gasteiger partial charge in [0.1, 0.15) is 11.5 Å². The van der Waals surface area contributed by atoms with E-state index < -0.39 is 5.60 Å². The maximum absolute atomic E-state index is 10.2. The van der Waals surface area contributed by atoms with Gasteiger partial charge in [0, 0.05) is 27.5 Å². The fourth-order valence-electron chi connectivity index (χ4n) is 7.62. The minimum absolute atomic E-state index is 0.195. The van der Waals surface area contributed by atoms with Crippen LogP contribution in [0.5, 0.6) is 23.0 Å². The first-order valence-electron chi connectivity index (χ1n) is 15.2. The molecule has 0 radical (unpaired) electrons. The van der Waals surface area contributed by atoms with Gasteiger partial charge in [-0.3, -0.25) is 0 Å². The molecule has 5 aromatic rings. The van der Waals surface area contributed by atoms with E-state index >= 15 is 0 Å². The molecule has 1 N–H and O–H groups in total. The summed E-state index contributed by atoms with van der Waals surface area (Å²) in [4.78, 5) is 0. The van der Waals surface area contributed by atoms with Gasteiger partial charge in [-0.05, 0) is 90.4 Å². The highest BCUT2D eigenvalue weighted by molar-refractivity contribution is 6.13. The largest absolute Gasteiger partial charge is 0.508 e. The van der Waals surface area contributed by atoms with Crippen LogP contribution in [0.25, 0.3) is 33.5 Å². The van der Waals surface area contributed by atoms with Crippen LogP contribution in [0.1, 0.15) is 61.1 Å². The zero-order valence-corrected chi connectivity index (χ0v) is 25.6. The molecule has 0 spiro atoms. The number of aromatic hydroxyl groups is 1. The van der Waals surface area contributed by atoms with Crippen molar-refractivity contribution in [2.45, 2.75) is 45.6 Å². The highest BCUT2D eigenvalue weighted by atomic mass is 16.7. The van der Waals surface area contributed by atoms with Crippen LogP contribution in [0.2, 0.25) is 0 Å². The van der Waals surface area contributed by atoms with Gasteiger partial charge >= 0.3 is 0 Å². The van der Waals surface area contributed by atoms with Gasteiger partial charge in [-0.1, -0.05) is 85.6 Å². The van der Waals surface area contributed by atoms with Crippen LogP contribution in [-0.2, 0) is 11.0 Å². The SMILES string of the molecule is CC(C)=C1c2c3c(c4cc5c(cc4c2-c2ccccc2C1(C)C)OCO5)OC(c1ccc(C)cc1)(c1ccc(O)cc1)C=C3. The van der Waals surface area contributed by atoms with Crippen LogP contribution < -0.4 is 14.2 Å². The summed E-state index contributed by atoms with van der Waals surface area (Å²) < 4.78 is 19.3. The number of phenols is 1. The van der Waals surface area contributed by atoms with Crippen LogP contribution in [0.15, 0.2) is 96.6 Å². The molecular weight excluding hydrogens is 544 g/mol. The second kappa shape index (κ2) is 9.27. The Kier molecular flexibility index (Phi) is 5.61. The van der Waals surface area contributed by atoms with E-state index in [0.717, 1.165) is 44.7 Å². The molecule has 0 saturated carbocycles. The minimum Gasteiger partial charge on any atom is -0.508 e. The summed E-state index contributed by atoms with van der Waals surface area (Å²) >= 11 is 0. The monoisotopic (exact) mass is 578 g/mol. The van der Waals surface area contributed by atoms with Crippen LogP contribution in [-0.4, -0.2) is 11.9 Å². The molecule has 1 unspecified atom stereocenters. The fraction of sp³-hybridized carbons (Fsp3) is 0.200. The summed E-state index contributed by atoms with van der Waals surface area (Å²) in [5.74, 6) is 2.49. The number of fused-ring (bicyclic) bond motifs is 9. The molecule has 44 heavy (non-hydrogen) atoms. The molecule has 8 rings (SSSR count). The van der Waals surface area contributed by atoms with Crippen molar-refractivity contribution < 1.29 is 19.3 Å². The minimum atomic E-state index is -0.917. The molecule has 3 aliphatic rings. The molecule has 0 saturated heterocycles. The average Bonchev–Trinajstić information content (AvgIpc) is 3.48. The van der Waals surface area contributed by atoms with Gasteiger partial charge in [0.2, 0.25) is 6.79 Å². The second-order valence-electron chi connectivity index (χ2n) is 12.9. The number of hydrogen-bond acceptors (Lipinski definition) is 4. The quantitative estimate of drug-likeness (QED) is 0.227. The van der Waals surface area contributed by atoms with Gasteiger partial charge in [0.15, 0.2) is 17.1 Å². The van der Waals surface area contributed by atoms with Gasteiger partial charge in [-0.15, -0.1) is 0 Å². The summed E-state index contributed by atoms with van der Waals surface area (Å²) in [6.07, 6.45) is 4.43. The molecule has 2 aliphatic heterocycles. The van der Waals surface area contributed by atoms with Crippen molar-refractivity contribution in [1.82, 2.24) is 0 Å². The van der Waals surface area contributed by atoms with E-state index in [4.69, 9.17) is 14.2 Å². The molecular formula is C40H34O4. The Hall–Kier alpha value is -4.96. The van der Waals surface area contributed by atoms with E-state index in [9.17, 15) is 5.11 Å². The predicted molar refractivity (Wildman–Crippen MR) is 177 cm³/mol. The lowest BCUT2D eigenvalue weighted by Crippen LogP contribution is -2.35. The molecule has 0 bridgehead atoms. The van der Waals surface area contributed by atoms with E-state index in [2.05, 4.69) is 107 Å². The Balaban J connectivity index is 1.52. The van der Waals surface area contributed by atoms with Crippen molar-refractivity contribution >= 4 is 22.4 Å². The molecule has 0 aromatic heterocycles.